The summed E-state index contributed by atoms with van der Waals surface area (Å²) in [4.78, 5) is 20.3. The summed E-state index contributed by atoms with van der Waals surface area (Å²) in [5.74, 6) is 0.950. The Morgan fingerprint density at radius 2 is 1.96 bits per heavy atom. The van der Waals surface area contributed by atoms with Crippen LogP contribution in [0.4, 0.5) is 5.82 Å². The SMILES string of the molecule is CCCCCCCCNc1ncnc2cc(C3=NNC(=O)CC3C)ccc12. The fraction of sp³-hybridized carbons (Fsp3) is 0.524. The van der Waals surface area contributed by atoms with Crippen molar-refractivity contribution in [3.63, 3.8) is 0 Å². The van der Waals surface area contributed by atoms with Gasteiger partial charge in [0.05, 0.1) is 11.2 Å². The molecule has 6 nitrogen and oxygen atoms in total. The first kappa shape index (κ1) is 19.3. The molecular weight excluding hydrogens is 338 g/mol. The molecule has 1 unspecified atom stereocenters. The predicted octanol–water partition coefficient (Wildman–Crippen LogP) is 4.26. The molecule has 0 bridgehead atoms. The van der Waals surface area contributed by atoms with Crippen LogP contribution in [0.3, 0.4) is 0 Å². The number of rotatable bonds is 9. The third kappa shape index (κ3) is 5.02. The standard InChI is InChI=1S/C21H29N5O/c1-3-4-5-6-7-8-11-22-21-17-10-9-16(13-18(17)23-14-24-21)20-15(2)12-19(27)25-26-20/h9-10,13-15H,3-8,11-12H2,1-2H3,(H,25,27)(H,22,23,24). The van der Waals surface area contributed by atoms with Gasteiger partial charge in [0, 0.05) is 29.8 Å². The first-order valence-electron chi connectivity index (χ1n) is 10.0. The van der Waals surface area contributed by atoms with Crippen molar-refractivity contribution in [2.45, 2.75) is 58.8 Å². The van der Waals surface area contributed by atoms with Gasteiger partial charge in [0.2, 0.25) is 5.91 Å². The van der Waals surface area contributed by atoms with E-state index in [0.717, 1.165) is 41.0 Å². The van der Waals surface area contributed by atoms with Crippen LogP contribution < -0.4 is 10.7 Å². The van der Waals surface area contributed by atoms with Gasteiger partial charge >= 0.3 is 0 Å². The Morgan fingerprint density at radius 3 is 2.78 bits per heavy atom. The number of hydrogen-bond donors (Lipinski definition) is 2. The van der Waals surface area contributed by atoms with Gasteiger partial charge in [0.1, 0.15) is 12.1 Å². The van der Waals surface area contributed by atoms with Crippen molar-refractivity contribution in [2.75, 3.05) is 11.9 Å². The molecule has 144 valence electrons. The smallest absolute Gasteiger partial charge is 0.240 e. The van der Waals surface area contributed by atoms with E-state index in [1.54, 1.807) is 6.33 Å². The molecule has 1 aliphatic heterocycles. The van der Waals surface area contributed by atoms with Gasteiger partial charge in [-0.05, 0) is 18.6 Å². The molecule has 6 heteroatoms. The summed E-state index contributed by atoms with van der Waals surface area (Å²) in [6, 6.07) is 6.11. The molecule has 27 heavy (non-hydrogen) atoms. The lowest BCUT2D eigenvalue weighted by Crippen LogP contribution is -2.31. The van der Waals surface area contributed by atoms with Crippen LogP contribution in [0.1, 0.15) is 64.4 Å². The van der Waals surface area contributed by atoms with Crippen molar-refractivity contribution < 1.29 is 4.79 Å². The van der Waals surface area contributed by atoms with E-state index >= 15 is 0 Å². The van der Waals surface area contributed by atoms with Crippen molar-refractivity contribution in [2.24, 2.45) is 11.0 Å². The minimum Gasteiger partial charge on any atom is -0.369 e. The van der Waals surface area contributed by atoms with Crippen LogP contribution in [-0.2, 0) is 4.79 Å². The van der Waals surface area contributed by atoms with Gasteiger partial charge in [-0.15, -0.1) is 0 Å². The fourth-order valence-electron chi connectivity index (χ4n) is 3.47. The van der Waals surface area contributed by atoms with Gasteiger partial charge in [-0.1, -0.05) is 52.0 Å². The third-order valence-electron chi connectivity index (χ3n) is 5.01. The molecule has 2 heterocycles. The average molecular weight is 367 g/mol. The lowest BCUT2D eigenvalue weighted by atomic mass is 9.93. The number of benzene rings is 1. The summed E-state index contributed by atoms with van der Waals surface area (Å²) >= 11 is 0. The van der Waals surface area contributed by atoms with E-state index in [1.807, 2.05) is 25.1 Å². The zero-order chi connectivity index (χ0) is 19.1. The van der Waals surface area contributed by atoms with Crippen molar-refractivity contribution in [1.82, 2.24) is 15.4 Å². The van der Waals surface area contributed by atoms with Crippen LogP contribution in [0.5, 0.6) is 0 Å². The number of unbranched alkanes of at least 4 members (excludes halogenated alkanes) is 5. The molecule has 1 aliphatic rings. The van der Waals surface area contributed by atoms with Crippen LogP contribution in [0, 0.1) is 5.92 Å². The Bertz CT molecular complexity index is 817. The Morgan fingerprint density at radius 1 is 1.15 bits per heavy atom. The van der Waals surface area contributed by atoms with Gasteiger partial charge in [-0.2, -0.15) is 5.10 Å². The molecule has 0 radical (unpaired) electrons. The number of aromatic nitrogens is 2. The second kappa shape index (κ2) is 9.44. The third-order valence-corrected chi connectivity index (χ3v) is 5.01. The highest BCUT2D eigenvalue weighted by Crippen LogP contribution is 2.23. The average Bonchev–Trinajstić information content (AvgIpc) is 2.67. The first-order valence-corrected chi connectivity index (χ1v) is 10.0. The largest absolute Gasteiger partial charge is 0.369 e. The molecule has 2 aromatic rings. The van der Waals surface area contributed by atoms with Crippen molar-refractivity contribution in [3.05, 3.63) is 30.1 Å². The van der Waals surface area contributed by atoms with E-state index < -0.39 is 0 Å². The molecule has 2 N–H and O–H groups in total. The Labute approximate surface area is 160 Å². The topological polar surface area (TPSA) is 79.3 Å². The molecule has 0 saturated heterocycles. The number of nitrogens with zero attached hydrogens (tertiary/aromatic N) is 3. The minimum absolute atomic E-state index is 0.0319. The zero-order valence-corrected chi connectivity index (χ0v) is 16.3. The van der Waals surface area contributed by atoms with Gasteiger partial charge in [-0.25, -0.2) is 15.4 Å². The number of hydrazone groups is 1. The summed E-state index contributed by atoms with van der Waals surface area (Å²) in [5.41, 5.74) is 5.36. The van der Waals surface area contributed by atoms with Crippen molar-refractivity contribution in [1.29, 1.82) is 0 Å². The molecule has 0 aliphatic carbocycles. The number of hydrogen-bond acceptors (Lipinski definition) is 5. The fourth-order valence-corrected chi connectivity index (χ4v) is 3.47. The number of nitrogens with one attached hydrogen (secondary N) is 2. The van der Waals surface area contributed by atoms with E-state index in [0.29, 0.717) is 6.42 Å². The van der Waals surface area contributed by atoms with Crippen LogP contribution >= 0.6 is 0 Å². The monoisotopic (exact) mass is 367 g/mol. The summed E-state index contributed by atoms with van der Waals surface area (Å²) in [7, 11) is 0. The van der Waals surface area contributed by atoms with Crippen LogP contribution in [0.25, 0.3) is 10.9 Å². The Kier molecular flexibility index (Phi) is 6.74. The molecule has 1 amide bonds. The molecule has 1 aromatic carbocycles. The summed E-state index contributed by atoms with van der Waals surface area (Å²) < 4.78 is 0. The van der Waals surface area contributed by atoms with Crippen molar-refractivity contribution in [3.8, 4) is 0 Å². The minimum atomic E-state index is -0.0319. The summed E-state index contributed by atoms with van der Waals surface area (Å²) in [6.45, 7) is 5.19. The highest BCUT2D eigenvalue weighted by Gasteiger charge is 2.22. The Hall–Kier alpha value is -2.50. The molecule has 1 aromatic heterocycles. The molecule has 3 rings (SSSR count). The number of carbonyl (C=O) groups is 1. The van der Waals surface area contributed by atoms with E-state index in [9.17, 15) is 4.79 Å². The summed E-state index contributed by atoms with van der Waals surface area (Å²) in [5, 5.41) is 8.71. The van der Waals surface area contributed by atoms with Crippen molar-refractivity contribution >= 4 is 28.3 Å². The second-order valence-corrected chi connectivity index (χ2v) is 7.29. The van der Waals surface area contributed by atoms with Crippen LogP contribution in [-0.4, -0.2) is 28.1 Å². The highest BCUT2D eigenvalue weighted by atomic mass is 16.2. The van der Waals surface area contributed by atoms with E-state index in [1.165, 1.54) is 32.1 Å². The molecule has 0 spiro atoms. The second-order valence-electron chi connectivity index (χ2n) is 7.29. The number of anilines is 1. The quantitative estimate of drug-likeness (QED) is 0.649. The van der Waals surface area contributed by atoms with E-state index in [4.69, 9.17) is 0 Å². The van der Waals surface area contributed by atoms with Crippen LogP contribution in [0.15, 0.2) is 29.6 Å². The molecule has 1 atom stereocenters. The number of carbonyl (C=O) groups excluding carboxylic acids is 1. The first-order chi connectivity index (χ1) is 13.2. The van der Waals surface area contributed by atoms with Crippen LogP contribution in [0.2, 0.25) is 0 Å². The predicted molar refractivity (Wildman–Crippen MR) is 110 cm³/mol. The number of amides is 1. The van der Waals surface area contributed by atoms with E-state index in [-0.39, 0.29) is 11.8 Å². The van der Waals surface area contributed by atoms with E-state index in [2.05, 4.69) is 32.7 Å². The lowest BCUT2D eigenvalue weighted by molar-refractivity contribution is -0.121. The highest BCUT2D eigenvalue weighted by molar-refractivity contribution is 6.07. The zero-order valence-electron chi connectivity index (χ0n) is 16.3. The lowest BCUT2D eigenvalue weighted by Gasteiger charge is -2.19. The van der Waals surface area contributed by atoms with Gasteiger partial charge in [0.15, 0.2) is 0 Å². The maximum absolute atomic E-state index is 11.5. The number of fused-ring (bicyclic) bond motifs is 1. The summed E-state index contributed by atoms with van der Waals surface area (Å²) in [6.07, 6.45) is 9.73. The maximum atomic E-state index is 11.5. The molecule has 0 fully saturated rings. The normalized spacial score (nSPS) is 16.9. The van der Waals surface area contributed by atoms with Gasteiger partial charge in [0.25, 0.3) is 0 Å². The maximum Gasteiger partial charge on any atom is 0.240 e. The molecular formula is C21H29N5O. The Balaban J connectivity index is 1.66. The molecule has 0 saturated carbocycles. The van der Waals surface area contributed by atoms with Gasteiger partial charge < -0.3 is 5.32 Å². The van der Waals surface area contributed by atoms with Gasteiger partial charge in [-0.3, -0.25) is 4.79 Å².